The zero-order valence-electron chi connectivity index (χ0n) is 15.0. The smallest absolute Gasteiger partial charge is 0.237 e. The van der Waals surface area contributed by atoms with E-state index in [1.807, 2.05) is 13.8 Å². The largest absolute Gasteiger partial charge is 0.323 e. The Hall–Kier alpha value is -2.13. The van der Waals surface area contributed by atoms with Crippen LogP contribution in [0.5, 0.6) is 0 Å². The Labute approximate surface area is 162 Å². The van der Waals surface area contributed by atoms with Gasteiger partial charge in [0.15, 0.2) is 17.5 Å². The van der Waals surface area contributed by atoms with Crippen molar-refractivity contribution in [3.63, 3.8) is 0 Å². The maximum absolute atomic E-state index is 13.8. The normalized spacial score (nSPS) is 12.4. The first-order valence-electron chi connectivity index (χ1n) is 8.04. The van der Waals surface area contributed by atoms with Crippen molar-refractivity contribution in [2.45, 2.75) is 38.0 Å². The minimum absolute atomic E-state index is 0.405. The van der Waals surface area contributed by atoms with Gasteiger partial charge in [0, 0.05) is 10.3 Å². The number of hydrogen-bond donors (Lipinski definition) is 1. The molecule has 0 fully saturated rings. The average molecular weight is 411 g/mol. The lowest BCUT2D eigenvalue weighted by atomic mass is 10.2. The number of nitrogens with one attached hydrogen (secondary N) is 1. The van der Waals surface area contributed by atoms with Gasteiger partial charge in [0.2, 0.25) is 5.91 Å². The monoisotopic (exact) mass is 411 g/mol. The van der Waals surface area contributed by atoms with Gasteiger partial charge in [-0.1, -0.05) is 11.8 Å². The van der Waals surface area contributed by atoms with E-state index in [-0.39, 0.29) is 0 Å². The summed E-state index contributed by atoms with van der Waals surface area (Å²) in [6.45, 7) is 7.37. The molecule has 2 heterocycles. The van der Waals surface area contributed by atoms with Gasteiger partial charge in [0.1, 0.15) is 15.7 Å². The molecule has 9 heteroatoms. The standard InChI is InChI=1S/C18H16F3N3OS2/c1-7-8(2)26-17-13(7)18(23-10(4)22-17)27-9(3)16(25)24-12-6-5-11(19)14(20)15(12)21/h5-6,9H,1-4H3,(H,24,25)/t9-/m1/s1. The van der Waals surface area contributed by atoms with Crippen LogP contribution in [0.4, 0.5) is 18.9 Å². The number of rotatable bonds is 4. The zero-order valence-corrected chi connectivity index (χ0v) is 16.6. The van der Waals surface area contributed by atoms with E-state index in [0.29, 0.717) is 10.9 Å². The molecule has 0 saturated carbocycles. The zero-order chi connectivity index (χ0) is 19.9. The van der Waals surface area contributed by atoms with Gasteiger partial charge in [-0.25, -0.2) is 23.1 Å². The lowest BCUT2D eigenvalue weighted by Gasteiger charge is -2.13. The number of carbonyl (C=O) groups is 1. The van der Waals surface area contributed by atoms with Crippen LogP contribution < -0.4 is 5.32 Å². The molecule has 1 amide bonds. The summed E-state index contributed by atoms with van der Waals surface area (Å²) in [4.78, 5) is 23.3. The molecular weight excluding hydrogens is 395 g/mol. The fourth-order valence-electron chi connectivity index (χ4n) is 2.48. The van der Waals surface area contributed by atoms with Crippen molar-refractivity contribution in [3.05, 3.63) is 45.8 Å². The van der Waals surface area contributed by atoms with Gasteiger partial charge >= 0.3 is 0 Å². The van der Waals surface area contributed by atoms with E-state index in [0.717, 1.165) is 32.8 Å². The minimum Gasteiger partial charge on any atom is -0.323 e. The molecule has 142 valence electrons. The summed E-state index contributed by atoms with van der Waals surface area (Å²) < 4.78 is 40.1. The second kappa shape index (κ2) is 7.47. The lowest BCUT2D eigenvalue weighted by molar-refractivity contribution is -0.115. The Bertz CT molecular complexity index is 1050. The SMILES string of the molecule is Cc1nc(S[C@H](C)C(=O)Nc2ccc(F)c(F)c2F)c2c(C)c(C)sc2n1. The highest BCUT2D eigenvalue weighted by atomic mass is 32.2. The molecule has 2 aromatic heterocycles. The van der Waals surface area contributed by atoms with Crippen molar-refractivity contribution in [3.8, 4) is 0 Å². The predicted molar refractivity (Wildman–Crippen MR) is 102 cm³/mol. The molecule has 1 N–H and O–H groups in total. The third kappa shape index (κ3) is 3.79. The summed E-state index contributed by atoms with van der Waals surface area (Å²) in [5.74, 6) is -4.31. The van der Waals surface area contributed by atoms with Crippen molar-refractivity contribution in [1.29, 1.82) is 0 Å². The fraction of sp³-hybridized carbons (Fsp3) is 0.278. The molecule has 0 aliphatic carbocycles. The molecule has 0 aliphatic rings. The fourth-order valence-corrected chi connectivity index (χ4v) is 4.67. The molecule has 0 bridgehead atoms. The molecule has 0 spiro atoms. The van der Waals surface area contributed by atoms with Crippen LogP contribution in [0, 0.1) is 38.2 Å². The van der Waals surface area contributed by atoms with Crippen molar-refractivity contribution in [1.82, 2.24) is 9.97 Å². The number of fused-ring (bicyclic) bond motifs is 1. The van der Waals surface area contributed by atoms with E-state index in [1.54, 1.807) is 25.2 Å². The first-order chi connectivity index (χ1) is 12.7. The molecule has 0 unspecified atom stereocenters. The van der Waals surface area contributed by atoms with Gasteiger partial charge in [-0.05, 0) is 45.4 Å². The van der Waals surface area contributed by atoms with Crippen LogP contribution in [-0.4, -0.2) is 21.1 Å². The molecule has 0 saturated heterocycles. The van der Waals surface area contributed by atoms with Crippen LogP contribution >= 0.6 is 23.1 Å². The lowest BCUT2D eigenvalue weighted by Crippen LogP contribution is -2.23. The number of thiophene rings is 1. The number of aryl methyl sites for hydroxylation is 3. The summed E-state index contributed by atoms with van der Waals surface area (Å²) in [7, 11) is 0. The number of halogens is 3. The van der Waals surface area contributed by atoms with E-state index in [1.165, 1.54) is 11.8 Å². The molecule has 4 nitrogen and oxygen atoms in total. The number of carbonyl (C=O) groups excluding carboxylic acids is 1. The van der Waals surface area contributed by atoms with Crippen molar-refractivity contribution >= 4 is 44.9 Å². The predicted octanol–water partition coefficient (Wildman–Crippen LogP) is 5.15. The van der Waals surface area contributed by atoms with Gasteiger partial charge < -0.3 is 5.32 Å². The topological polar surface area (TPSA) is 54.9 Å². The number of nitrogens with zero attached hydrogens (tertiary/aromatic N) is 2. The number of benzene rings is 1. The van der Waals surface area contributed by atoms with E-state index >= 15 is 0 Å². The number of aromatic nitrogens is 2. The minimum atomic E-state index is -1.62. The molecule has 0 aliphatic heterocycles. The summed E-state index contributed by atoms with van der Waals surface area (Å²) in [6.07, 6.45) is 0. The summed E-state index contributed by atoms with van der Waals surface area (Å²) in [5, 5.41) is 3.21. The Balaban J connectivity index is 1.85. The van der Waals surface area contributed by atoms with Gasteiger partial charge in [0.25, 0.3) is 0 Å². The van der Waals surface area contributed by atoms with Crippen LogP contribution in [-0.2, 0) is 4.79 Å². The average Bonchev–Trinajstić information content (AvgIpc) is 2.89. The van der Waals surface area contributed by atoms with Crippen molar-refractivity contribution < 1.29 is 18.0 Å². The van der Waals surface area contributed by atoms with Gasteiger partial charge in [-0.3, -0.25) is 4.79 Å². The second-order valence-corrected chi connectivity index (χ2v) is 8.54. The third-order valence-corrected chi connectivity index (χ3v) is 6.25. The number of anilines is 1. The molecule has 27 heavy (non-hydrogen) atoms. The Morgan fingerprint density at radius 1 is 1.15 bits per heavy atom. The quantitative estimate of drug-likeness (QED) is 0.366. The molecular formula is C18H16F3N3OS2. The molecule has 1 atom stereocenters. The first kappa shape index (κ1) is 19.6. The van der Waals surface area contributed by atoms with E-state index in [9.17, 15) is 18.0 Å². The van der Waals surface area contributed by atoms with E-state index < -0.39 is 34.3 Å². The Kier molecular flexibility index (Phi) is 5.43. The molecule has 3 rings (SSSR count). The number of thioether (sulfide) groups is 1. The molecule has 0 radical (unpaired) electrons. The Morgan fingerprint density at radius 3 is 2.56 bits per heavy atom. The second-order valence-electron chi connectivity index (χ2n) is 6.01. The van der Waals surface area contributed by atoms with E-state index in [4.69, 9.17) is 0 Å². The van der Waals surface area contributed by atoms with Crippen LogP contribution in [0.25, 0.3) is 10.2 Å². The highest BCUT2D eigenvalue weighted by Crippen LogP contribution is 2.36. The van der Waals surface area contributed by atoms with Crippen LogP contribution in [0.2, 0.25) is 0 Å². The summed E-state index contributed by atoms with van der Waals surface area (Å²) >= 11 is 2.77. The molecule has 3 aromatic rings. The highest BCUT2D eigenvalue weighted by molar-refractivity contribution is 8.00. The van der Waals surface area contributed by atoms with Gasteiger partial charge in [0.05, 0.1) is 10.9 Å². The maximum atomic E-state index is 13.8. The van der Waals surface area contributed by atoms with E-state index in [2.05, 4.69) is 15.3 Å². The number of amides is 1. The Morgan fingerprint density at radius 2 is 1.85 bits per heavy atom. The van der Waals surface area contributed by atoms with Crippen LogP contribution in [0.1, 0.15) is 23.2 Å². The van der Waals surface area contributed by atoms with Gasteiger partial charge in [-0.2, -0.15) is 0 Å². The maximum Gasteiger partial charge on any atom is 0.237 e. The number of hydrogen-bond acceptors (Lipinski definition) is 5. The summed E-state index contributed by atoms with van der Waals surface area (Å²) in [5.41, 5.74) is 0.648. The van der Waals surface area contributed by atoms with Crippen molar-refractivity contribution in [2.75, 3.05) is 5.32 Å². The van der Waals surface area contributed by atoms with Crippen molar-refractivity contribution in [2.24, 2.45) is 0 Å². The van der Waals surface area contributed by atoms with Crippen LogP contribution in [0.3, 0.4) is 0 Å². The van der Waals surface area contributed by atoms with Gasteiger partial charge in [-0.15, -0.1) is 11.3 Å². The first-order valence-corrected chi connectivity index (χ1v) is 9.74. The molecule has 1 aromatic carbocycles. The summed E-state index contributed by atoms with van der Waals surface area (Å²) in [6, 6.07) is 1.75. The van der Waals surface area contributed by atoms with Crippen LogP contribution in [0.15, 0.2) is 17.2 Å². The third-order valence-electron chi connectivity index (χ3n) is 4.06. The highest BCUT2D eigenvalue weighted by Gasteiger charge is 2.22.